The summed E-state index contributed by atoms with van der Waals surface area (Å²) >= 11 is 0. The van der Waals surface area contributed by atoms with E-state index in [-0.39, 0.29) is 24.0 Å². The number of benzene rings is 2. The highest BCUT2D eigenvalue weighted by Gasteiger charge is 2.30. The van der Waals surface area contributed by atoms with E-state index in [1.165, 1.54) is 5.56 Å². The molecule has 0 aliphatic rings. The minimum absolute atomic E-state index is 0.113. The molecular weight excluding hydrogens is 376 g/mol. The molecule has 2 aromatic rings. The fraction of sp³-hybridized carbons (Fsp3) is 0.440. The van der Waals surface area contributed by atoms with Crippen molar-refractivity contribution in [1.29, 1.82) is 0 Å². The lowest BCUT2D eigenvalue weighted by Gasteiger charge is -2.33. The zero-order valence-corrected chi connectivity index (χ0v) is 18.8. The zero-order valence-electron chi connectivity index (χ0n) is 18.8. The summed E-state index contributed by atoms with van der Waals surface area (Å²) in [6.45, 7) is 10.1. The molecule has 0 saturated heterocycles. The molecule has 0 spiro atoms. The van der Waals surface area contributed by atoms with Gasteiger partial charge in [0.1, 0.15) is 11.8 Å². The Balaban J connectivity index is 2.17. The first-order chi connectivity index (χ1) is 14.2. The van der Waals surface area contributed by atoms with E-state index in [9.17, 15) is 9.59 Å². The van der Waals surface area contributed by atoms with Crippen molar-refractivity contribution < 1.29 is 14.3 Å². The van der Waals surface area contributed by atoms with E-state index in [4.69, 9.17) is 4.74 Å². The van der Waals surface area contributed by atoms with E-state index in [2.05, 4.69) is 12.2 Å². The number of amides is 2. The van der Waals surface area contributed by atoms with Crippen LogP contribution in [0.4, 0.5) is 0 Å². The van der Waals surface area contributed by atoms with Crippen molar-refractivity contribution in [3.63, 3.8) is 0 Å². The molecule has 0 saturated carbocycles. The Morgan fingerprint density at radius 2 is 1.60 bits per heavy atom. The molecule has 30 heavy (non-hydrogen) atoms. The lowest BCUT2D eigenvalue weighted by atomic mass is 10.1. The van der Waals surface area contributed by atoms with Gasteiger partial charge in [0, 0.05) is 12.1 Å². The van der Waals surface area contributed by atoms with Gasteiger partial charge >= 0.3 is 0 Å². The molecule has 162 valence electrons. The van der Waals surface area contributed by atoms with Crippen molar-refractivity contribution >= 4 is 11.8 Å². The van der Waals surface area contributed by atoms with Gasteiger partial charge in [-0.2, -0.15) is 0 Å². The van der Waals surface area contributed by atoms with Gasteiger partial charge in [-0.1, -0.05) is 56.3 Å². The second-order valence-corrected chi connectivity index (χ2v) is 8.46. The van der Waals surface area contributed by atoms with E-state index in [0.29, 0.717) is 18.7 Å². The first kappa shape index (κ1) is 23.5. The summed E-state index contributed by atoms with van der Waals surface area (Å²) in [5.74, 6) is 0.281. The molecule has 2 aromatic carbocycles. The van der Waals surface area contributed by atoms with Crippen LogP contribution in [0.3, 0.4) is 0 Å². The number of hydrogen-bond donors (Lipinski definition) is 1. The van der Waals surface area contributed by atoms with E-state index in [0.717, 1.165) is 12.0 Å². The maximum atomic E-state index is 13.1. The second kappa shape index (κ2) is 10.8. The number of hydrogen-bond acceptors (Lipinski definition) is 3. The van der Waals surface area contributed by atoms with Gasteiger partial charge < -0.3 is 15.0 Å². The third-order valence-corrected chi connectivity index (χ3v) is 4.77. The van der Waals surface area contributed by atoms with Crippen LogP contribution >= 0.6 is 0 Å². The number of carbonyl (C=O) groups excluding carboxylic acids is 2. The average Bonchev–Trinajstić information content (AvgIpc) is 2.71. The normalized spacial score (nSPS) is 12.2. The van der Waals surface area contributed by atoms with Crippen LogP contribution < -0.4 is 10.1 Å². The smallest absolute Gasteiger partial charge is 0.261 e. The molecule has 0 heterocycles. The van der Waals surface area contributed by atoms with Gasteiger partial charge in [0.25, 0.3) is 5.91 Å². The Morgan fingerprint density at radius 1 is 0.967 bits per heavy atom. The van der Waals surface area contributed by atoms with Gasteiger partial charge in [0.15, 0.2) is 6.61 Å². The van der Waals surface area contributed by atoms with Gasteiger partial charge in [0.2, 0.25) is 5.91 Å². The number of nitrogens with one attached hydrogen (secondary N) is 1. The summed E-state index contributed by atoms with van der Waals surface area (Å²) in [7, 11) is 0. The van der Waals surface area contributed by atoms with Crippen molar-refractivity contribution in [2.75, 3.05) is 6.61 Å². The van der Waals surface area contributed by atoms with Gasteiger partial charge in [-0.05, 0) is 56.9 Å². The zero-order chi connectivity index (χ0) is 22.1. The molecule has 1 atom stereocenters. The van der Waals surface area contributed by atoms with E-state index in [1.54, 1.807) is 4.90 Å². The standard InChI is InChI=1S/C25H34N2O3/c1-6-19-13-15-21(16-14-19)30-18-23(28)27(17-20-11-9-8-10-12-20)22(7-2)24(29)26-25(3,4)5/h8-16,22H,6-7,17-18H2,1-5H3,(H,26,29)/t22-/m1/s1. The largest absolute Gasteiger partial charge is 0.484 e. The highest BCUT2D eigenvalue weighted by Crippen LogP contribution is 2.16. The fourth-order valence-corrected chi connectivity index (χ4v) is 3.20. The molecule has 2 rings (SSSR count). The van der Waals surface area contributed by atoms with Crippen LogP contribution in [0.2, 0.25) is 0 Å². The molecule has 0 bridgehead atoms. The Hall–Kier alpha value is -2.82. The molecule has 0 aliphatic heterocycles. The SMILES string of the molecule is CCc1ccc(OCC(=O)N(Cc2ccccc2)[C@H](CC)C(=O)NC(C)(C)C)cc1. The number of nitrogens with zero attached hydrogens (tertiary/aromatic N) is 1. The number of carbonyl (C=O) groups is 2. The molecule has 0 aliphatic carbocycles. The van der Waals surface area contributed by atoms with Crippen LogP contribution in [0.1, 0.15) is 52.2 Å². The maximum absolute atomic E-state index is 13.1. The molecule has 5 heteroatoms. The molecule has 1 N–H and O–H groups in total. The third-order valence-electron chi connectivity index (χ3n) is 4.77. The summed E-state index contributed by atoms with van der Waals surface area (Å²) in [4.78, 5) is 27.7. The Kier molecular flexibility index (Phi) is 8.46. The predicted octanol–water partition coefficient (Wildman–Crippen LogP) is 4.35. The first-order valence-corrected chi connectivity index (χ1v) is 10.6. The summed E-state index contributed by atoms with van der Waals surface area (Å²) in [5, 5.41) is 3.00. The monoisotopic (exact) mass is 410 g/mol. The maximum Gasteiger partial charge on any atom is 0.261 e. The number of aryl methyl sites for hydroxylation is 1. The molecule has 0 radical (unpaired) electrons. The molecule has 0 unspecified atom stereocenters. The number of rotatable bonds is 9. The van der Waals surface area contributed by atoms with Gasteiger partial charge in [-0.25, -0.2) is 0 Å². The van der Waals surface area contributed by atoms with Crippen molar-refractivity contribution in [1.82, 2.24) is 10.2 Å². The quantitative estimate of drug-likeness (QED) is 0.669. The Bertz CT molecular complexity index is 811. The fourth-order valence-electron chi connectivity index (χ4n) is 3.20. The van der Waals surface area contributed by atoms with Crippen molar-refractivity contribution in [2.24, 2.45) is 0 Å². The van der Waals surface area contributed by atoms with Crippen molar-refractivity contribution in [3.8, 4) is 5.75 Å². The number of ether oxygens (including phenoxy) is 1. The lowest BCUT2D eigenvalue weighted by molar-refractivity contribution is -0.143. The Labute approximate surface area is 180 Å². The van der Waals surface area contributed by atoms with Crippen LogP contribution in [-0.2, 0) is 22.6 Å². The second-order valence-electron chi connectivity index (χ2n) is 8.46. The van der Waals surface area contributed by atoms with Crippen LogP contribution in [0.15, 0.2) is 54.6 Å². The van der Waals surface area contributed by atoms with E-state index in [1.807, 2.05) is 82.3 Å². The molecule has 0 fully saturated rings. The highest BCUT2D eigenvalue weighted by atomic mass is 16.5. The van der Waals surface area contributed by atoms with Crippen LogP contribution in [0, 0.1) is 0 Å². The highest BCUT2D eigenvalue weighted by molar-refractivity contribution is 5.88. The summed E-state index contributed by atoms with van der Waals surface area (Å²) in [5.41, 5.74) is 1.81. The van der Waals surface area contributed by atoms with Gasteiger partial charge in [0.05, 0.1) is 0 Å². The van der Waals surface area contributed by atoms with Crippen molar-refractivity contribution in [2.45, 2.75) is 65.6 Å². The minimum atomic E-state index is -0.567. The Morgan fingerprint density at radius 3 is 2.13 bits per heavy atom. The van der Waals surface area contributed by atoms with Gasteiger partial charge in [-0.15, -0.1) is 0 Å². The van der Waals surface area contributed by atoms with E-state index >= 15 is 0 Å². The minimum Gasteiger partial charge on any atom is -0.484 e. The predicted molar refractivity (Wildman–Crippen MR) is 120 cm³/mol. The van der Waals surface area contributed by atoms with Crippen LogP contribution in [0.25, 0.3) is 0 Å². The molecule has 0 aromatic heterocycles. The third kappa shape index (κ3) is 7.21. The molecule has 2 amide bonds. The van der Waals surface area contributed by atoms with Crippen molar-refractivity contribution in [3.05, 3.63) is 65.7 Å². The summed E-state index contributed by atoms with van der Waals surface area (Å²) in [6.07, 6.45) is 1.47. The van der Waals surface area contributed by atoms with E-state index < -0.39 is 6.04 Å². The van der Waals surface area contributed by atoms with Crippen LogP contribution in [-0.4, -0.2) is 34.9 Å². The van der Waals surface area contributed by atoms with Gasteiger partial charge in [-0.3, -0.25) is 9.59 Å². The topological polar surface area (TPSA) is 58.6 Å². The average molecular weight is 411 g/mol. The molecular formula is C25H34N2O3. The lowest BCUT2D eigenvalue weighted by Crippen LogP contribution is -2.54. The first-order valence-electron chi connectivity index (χ1n) is 10.6. The summed E-state index contributed by atoms with van der Waals surface area (Å²) in [6, 6.07) is 16.9. The summed E-state index contributed by atoms with van der Waals surface area (Å²) < 4.78 is 5.74. The van der Waals surface area contributed by atoms with Crippen LogP contribution in [0.5, 0.6) is 5.75 Å². The molecule has 5 nitrogen and oxygen atoms in total.